The first-order valence-electron chi connectivity index (χ1n) is 6.74. The van der Waals surface area contributed by atoms with Gasteiger partial charge < -0.3 is 5.11 Å². The molecule has 1 unspecified atom stereocenters. The molecule has 3 rings (SSSR count). The Balaban J connectivity index is 2.17. The summed E-state index contributed by atoms with van der Waals surface area (Å²) in [6.07, 6.45) is 2.52. The molecule has 2 heterocycles. The van der Waals surface area contributed by atoms with E-state index >= 15 is 0 Å². The van der Waals surface area contributed by atoms with E-state index in [0.717, 1.165) is 15.9 Å². The molecule has 102 valence electrons. The molecule has 0 radical (unpaired) electrons. The van der Waals surface area contributed by atoms with Crippen molar-refractivity contribution in [3.63, 3.8) is 0 Å². The molecule has 0 amide bonds. The number of hydrogen-bond acceptors (Lipinski definition) is 3. The average Bonchev–Trinajstić information content (AvgIpc) is 2.98. The molecule has 0 saturated heterocycles. The number of aromatic nitrogens is 2. The molecule has 0 spiro atoms. The van der Waals surface area contributed by atoms with E-state index in [2.05, 4.69) is 25.5 Å². The molecule has 1 aliphatic carbocycles. The van der Waals surface area contributed by atoms with Crippen LogP contribution >= 0.6 is 11.3 Å². The van der Waals surface area contributed by atoms with Gasteiger partial charge in [-0.2, -0.15) is 5.10 Å². The summed E-state index contributed by atoms with van der Waals surface area (Å²) in [5, 5.41) is 14.9. The van der Waals surface area contributed by atoms with Crippen LogP contribution in [0, 0.1) is 5.92 Å². The number of aromatic carboxylic acids is 1. The van der Waals surface area contributed by atoms with Crippen molar-refractivity contribution >= 4 is 27.5 Å². The first-order chi connectivity index (χ1) is 8.99. The highest BCUT2D eigenvalue weighted by Gasteiger charge is 2.32. The van der Waals surface area contributed by atoms with Crippen molar-refractivity contribution in [2.45, 2.75) is 45.6 Å². The van der Waals surface area contributed by atoms with E-state index in [1.165, 1.54) is 24.2 Å². The summed E-state index contributed by atoms with van der Waals surface area (Å²) in [5.41, 5.74) is 1.02. The average molecular weight is 278 g/mol. The Morgan fingerprint density at radius 3 is 2.68 bits per heavy atom. The van der Waals surface area contributed by atoms with Crippen LogP contribution in [0.4, 0.5) is 0 Å². The van der Waals surface area contributed by atoms with Crippen LogP contribution in [0.15, 0.2) is 6.07 Å². The topological polar surface area (TPSA) is 55.1 Å². The van der Waals surface area contributed by atoms with Crippen LogP contribution in [0.1, 0.15) is 60.9 Å². The Kier molecular flexibility index (Phi) is 2.89. The highest BCUT2D eigenvalue weighted by atomic mass is 32.1. The van der Waals surface area contributed by atoms with E-state index in [1.807, 2.05) is 0 Å². The Labute approximate surface area is 116 Å². The summed E-state index contributed by atoms with van der Waals surface area (Å²) in [7, 11) is 0. The van der Waals surface area contributed by atoms with Crippen LogP contribution in [-0.4, -0.2) is 20.9 Å². The molecule has 0 aliphatic heterocycles. The standard InChI is InChI=1S/C14H18N2O2S/c1-7(2)12-10-6-11(14(17)18)19-13(10)16(15-12)8(3)9-4-5-9/h6-9H,4-5H2,1-3H3,(H,17,18). The fourth-order valence-electron chi connectivity index (χ4n) is 2.54. The van der Waals surface area contributed by atoms with Crippen LogP contribution in [-0.2, 0) is 0 Å². The summed E-state index contributed by atoms with van der Waals surface area (Å²) in [6, 6.07) is 2.15. The molecule has 1 atom stereocenters. The normalized spacial score (nSPS) is 17.3. The molecule has 1 saturated carbocycles. The Morgan fingerprint density at radius 1 is 1.47 bits per heavy atom. The van der Waals surface area contributed by atoms with Crippen LogP contribution in [0.2, 0.25) is 0 Å². The van der Waals surface area contributed by atoms with Crippen molar-refractivity contribution in [1.82, 2.24) is 9.78 Å². The molecular weight excluding hydrogens is 260 g/mol. The predicted molar refractivity (Wildman–Crippen MR) is 76.1 cm³/mol. The number of hydrogen-bond donors (Lipinski definition) is 1. The fraction of sp³-hybridized carbons (Fsp3) is 0.571. The maximum absolute atomic E-state index is 11.2. The van der Waals surface area contributed by atoms with Crippen molar-refractivity contribution in [1.29, 1.82) is 0 Å². The second-order valence-corrected chi connectivity index (χ2v) is 6.73. The van der Waals surface area contributed by atoms with Gasteiger partial charge in [0.15, 0.2) is 0 Å². The number of carboxylic acids is 1. The maximum Gasteiger partial charge on any atom is 0.345 e. The van der Waals surface area contributed by atoms with Crippen molar-refractivity contribution in [3.05, 3.63) is 16.6 Å². The zero-order valence-corrected chi connectivity index (χ0v) is 12.2. The third-order valence-electron chi connectivity index (χ3n) is 3.86. The summed E-state index contributed by atoms with van der Waals surface area (Å²) >= 11 is 1.34. The van der Waals surface area contributed by atoms with Crippen molar-refractivity contribution in [3.8, 4) is 0 Å². The Bertz CT molecular complexity index is 637. The van der Waals surface area contributed by atoms with E-state index in [4.69, 9.17) is 10.2 Å². The predicted octanol–water partition coefficient (Wildman–Crippen LogP) is 3.89. The van der Waals surface area contributed by atoms with Gasteiger partial charge in [-0.3, -0.25) is 4.68 Å². The molecule has 0 aromatic carbocycles. The van der Waals surface area contributed by atoms with Gasteiger partial charge in [-0.05, 0) is 37.7 Å². The van der Waals surface area contributed by atoms with Crippen molar-refractivity contribution in [2.75, 3.05) is 0 Å². The zero-order valence-electron chi connectivity index (χ0n) is 11.4. The van der Waals surface area contributed by atoms with Gasteiger partial charge in [0.25, 0.3) is 0 Å². The lowest BCUT2D eigenvalue weighted by molar-refractivity contribution is 0.0702. The number of carboxylic acid groups (broad SMARTS) is 1. The highest BCUT2D eigenvalue weighted by Crippen LogP contribution is 2.42. The van der Waals surface area contributed by atoms with Gasteiger partial charge in [0.2, 0.25) is 0 Å². The summed E-state index contributed by atoms with van der Waals surface area (Å²) in [6.45, 7) is 6.40. The van der Waals surface area contributed by atoms with E-state index in [0.29, 0.717) is 22.8 Å². The van der Waals surface area contributed by atoms with Crippen LogP contribution < -0.4 is 0 Å². The summed E-state index contributed by atoms with van der Waals surface area (Å²) < 4.78 is 2.06. The smallest absolute Gasteiger partial charge is 0.345 e. The number of thiophene rings is 1. The number of nitrogens with zero attached hydrogens (tertiary/aromatic N) is 2. The van der Waals surface area contributed by atoms with Gasteiger partial charge in [0.1, 0.15) is 9.71 Å². The molecule has 1 fully saturated rings. The van der Waals surface area contributed by atoms with Crippen molar-refractivity contribution in [2.24, 2.45) is 5.92 Å². The quantitative estimate of drug-likeness (QED) is 0.923. The molecule has 5 heteroatoms. The molecule has 2 aromatic heterocycles. The molecule has 2 aromatic rings. The lowest BCUT2D eigenvalue weighted by Crippen LogP contribution is -2.09. The maximum atomic E-state index is 11.2. The second kappa shape index (κ2) is 4.34. The van der Waals surface area contributed by atoms with Crippen LogP contribution in [0.5, 0.6) is 0 Å². The van der Waals surface area contributed by atoms with Gasteiger partial charge in [-0.25, -0.2) is 4.79 Å². The molecule has 1 N–H and O–H groups in total. The highest BCUT2D eigenvalue weighted by molar-refractivity contribution is 7.20. The molecule has 0 bridgehead atoms. The summed E-state index contributed by atoms with van der Waals surface area (Å²) in [4.78, 5) is 12.6. The van der Waals surface area contributed by atoms with E-state index in [9.17, 15) is 4.79 Å². The minimum absolute atomic E-state index is 0.311. The number of rotatable bonds is 4. The first-order valence-corrected chi connectivity index (χ1v) is 7.56. The molecule has 1 aliphatic rings. The monoisotopic (exact) mass is 278 g/mol. The SMILES string of the molecule is CC(C)c1nn(C(C)C2CC2)c2sc(C(=O)O)cc12. The summed E-state index contributed by atoms with van der Waals surface area (Å²) in [5.74, 6) is 0.173. The van der Waals surface area contributed by atoms with Crippen molar-refractivity contribution < 1.29 is 9.90 Å². The lowest BCUT2D eigenvalue weighted by atomic mass is 10.1. The lowest BCUT2D eigenvalue weighted by Gasteiger charge is -2.11. The largest absolute Gasteiger partial charge is 0.477 e. The number of carbonyl (C=O) groups is 1. The molecular formula is C14H18N2O2S. The van der Waals surface area contributed by atoms with Gasteiger partial charge in [0, 0.05) is 5.39 Å². The first kappa shape index (κ1) is 12.7. The van der Waals surface area contributed by atoms with Gasteiger partial charge in [-0.1, -0.05) is 13.8 Å². The molecule has 19 heavy (non-hydrogen) atoms. The zero-order chi connectivity index (χ0) is 13.7. The number of fused-ring (bicyclic) bond motifs is 1. The van der Waals surface area contributed by atoms with E-state index in [-0.39, 0.29) is 0 Å². The van der Waals surface area contributed by atoms with E-state index < -0.39 is 5.97 Å². The third-order valence-corrected chi connectivity index (χ3v) is 4.97. The minimum atomic E-state index is -0.846. The fourth-order valence-corrected chi connectivity index (χ4v) is 3.58. The second-order valence-electron chi connectivity index (χ2n) is 5.70. The van der Waals surface area contributed by atoms with Gasteiger partial charge in [0.05, 0.1) is 11.7 Å². The molecule has 4 nitrogen and oxygen atoms in total. The van der Waals surface area contributed by atoms with Gasteiger partial charge >= 0.3 is 5.97 Å². The van der Waals surface area contributed by atoms with Crippen LogP contribution in [0.25, 0.3) is 10.2 Å². The van der Waals surface area contributed by atoms with E-state index in [1.54, 1.807) is 6.07 Å². The Hall–Kier alpha value is -1.36. The van der Waals surface area contributed by atoms with Crippen LogP contribution in [0.3, 0.4) is 0 Å². The Morgan fingerprint density at radius 2 is 2.16 bits per heavy atom. The minimum Gasteiger partial charge on any atom is -0.477 e. The third kappa shape index (κ3) is 2.06. The van der Waals surface area contributed by atoms with Gasteiger partial charge in [-0.15, -0.1) is 11.3 Å².